The first-order valence-electron chi connectivity index (χ1n) is 2.29. The van der Waals surface area contributed by atoms with Gasteiger partial charge in [-0.2, -0.15) is 0 Å². The first-order chi connectivity index (χ1) is 4.16. The predicted octanol–water partition coefficient (Wildman–Crippen LogP) is 0.643. The quantitative estimate of drug-likeness (QED) is 0.552. The van der Waals surface area contributed by atoms with E-state index < -0.39 is 0 Å². The van der Waals surface area contributed by atoms with Crippen LogP contribution < -0.4 is 5.73 Å². The number of hydrogen-bond donors (Lipinski definition) is 1. The Morgan fingerprint density at radius 3 is 2.67 bits per heavy atom. The van der Waals surface area contributed by atoms with Gasteiger partial charge in [-0.15, -0.1) is 0 Å². The summed E-state index contributed by atoms with van der Waals surface area (Å²) in [5.74, 6) is -0.296. The number of carbonyl (C=O) groups excluding carboxylic acids is 1. The van der Waals surface area contributed by atoms with Crippen LogP contribution in [0.2, 0.25) is 0 Å². The SMILES string of the molecule is CC(=O)N=C/C(Cl)=C\N. The molecule has 0 radical (unpaired) electrons. The number of allylic oxidation sites excluding steroid dienone is 1. The topological polar surface area (TPSA) is 55.5 Å². The lowest BCUT2D eigenvalue weighted by molar-refractivity contribution is -0.115. The van der Waals surface area contributed by atoms with E-state index in [-0.39, 0.29) is 10.9 Å². The van der Waals surface area contributed by atoms with Crippen molar-refractivity contribution >= 4 is 23.7 Å². The van der Waals surface area contributed by atoms with Gasteiger partial charge in [-0.25, -0.2) is 4.99 Å². The van der Waals surface area contributed by atoms with Crippen molar-refractivity contribution in [3.8, 4) is 0 Å². The van der Waals surface area contributed by atoms with Crippen molar-refractivity contribution in [3.05, 3.63) is 11.2 Å². The van der Waals surface area contributed by atoms with Gasteiger partial charge in [0.1, 0.15) is 0 Å². The fourth-order valence-corrected chi connectivity index (χ4v) is 0.244. The van der Waals surface area contributed by atoms with E-state index in [9.17, 15) is 4.79 Å². The Kier molecular flexibility index (Phi) is 3.71. The molecule has 0 fully saturated rings. The molecule has 0 saturated carbocycles. The molecule has 0 aromatic heterocycles. The molecule has 0 aliphatic heterocycles. The first-order valence-corrected chi connectivity index (χ1v) is 2.66. The monoisotopic (exact) mass is 146 g/mol. The minimum absolute atomic E-state index is 0.255. The summed E-state index contributed by atoms with van der Waals surface area (Å²) < 4.78 is 0. The Hall–Kier alpha value is -0.830. The average molecular weight is 147 g/mol. The third-order valence-electron chi connectivity index (χ3n) is 0.529. The van der Waals surface area contributed by atoms with Crippen LogP contribution in [0.3, 0.4) is 0 Å². The highest BCUT2D eigenvalue weighted by atomic mass is 35.5. The van der Waals surface area contributed by atoms with Crippen LogP contribution in [0.15, 0.2) is 16.2 Å². The molecule has 0 bridgehead atoms. The van der Waals surface area contributed by atoms with E-state index in [0.717, 1.165) is 6.20 Å². The van der Waals surface area contributed by atoms with Crippen molar-refractivity contribution in [2.45, 2.75) is 6.92 Å². The summed E-state index contributed by atoms with van der Waals surface area (Å²) in [6.45, 7) is 1.33. The summed E-state index contributed by atoms with van der Waals surface area (Å²) in [5.41, 5.74) is 4.96. The molecular weight excluding hydrogens is 140 g/mol. The number of aliphatic imine (C=N–C) groups is 1. The zero-order valence-electron chi connectivity index (χ0n) is 4.97. The number of nitrogens with two attached hydrogens (primary N) is 1. The van der Waals surface area contributed by atoms with Crippen molar-refractivity contribution in [2.75, 3.05) is 0 Å². The number of carbonyl (C=O) groups is 1. The third-order valence-corrected chi connectivity index (χ3v) is 0.752. The van der Waals surface area contributed by atoms with Gasteiger partial charge in [0.25, 0.3) is 0 Å². The highest BCUT2D eigenvalue weighted by Crippen LogP contribution is 1.92. The molecule has 0 rings (SSSR count). The Balaban J connectivity index is 3.86. The molecule has 0 unspecified atom stereocenters. The summed E-state index contributed by atoms with van der Waals surface area (Å²) in [4.78, 5) is 13.5. The normalized spacial score (nSPS) is 12.4. The Labute approximate surface area is 58.2 Å². The predicted molar refractivity (Wildman–Crippen MR) is 37.3 cm³/mol. The van der Waals surface area contributed by atoms with Crippen molar-refractivity contribution in [3.63, 3.8) is 0 Å². The maximum atomic E-state index is 10.1. The lowest BCUT2D eigenvalue weighted by Crippen LogP contribution is -1.87. The second-order valence-electron chi connectivity index (χ2n) is 1.33. The summed E-state index contributed by atoms with van der Waals surface area (Å²) in [5, 5.41) is 0.255. The van der Waals surface area contributed by atoms with Crippen LogP contribution in [0.5, 0.6) is 0 Å². The molecule has 50 valence electrons. The molecule has 9 heavy (non-hydrogen) atoms. The van der Waals surface area contributed by atoms with E-state index in [1.807, 2.05) is 0 Å². The highest BCUT2D eigenvalue weighted by Gasteiger charge is 1.83. The molecule has 3 nitrogen and oxygen atoms in total. The molecule has 0 saturated heterocycles. The summed E-state index contributed by atoms with van der Waals surface area (Å²) in [6.07, 6.45) is 2.36. The van der Waals surface area contributed by atoms with Crippen LogP contribution in [-0.4, -0.2) is 12.1 Å². The van der Waals surface area contributed by atoms with Crippen LogP contribution in [-0.2, 0) is 4.79 Å². The van der Waals surface area contributed by atoms with Gasteiger partial charge in [-0.1, -0.05) is 11.6 Å². The Bertz CT molecular complexity index is 162. The molecule has 1 amide bonds. The second kappa shape index (κ2) is 4.09. The van der Waals surface area contributed by atoms with Crippen LogP contribution in [0.25, 0.3) is 0 Å². The maximum Gasteiger partial charge on any atom is 0.242 e. The van der Waals surface area contributed by atoms with Gasteiger partial charge in [0.2, 0.25) is 5.91 Å². The maximum absolute atomic E-state index is 10.1. The number of nitrogens with zero attached hydrogens (tertiary/aromatic N) is 1. The zero-order valence-corrected chi connectivity index (χ0v) is 5.72. The molecule has 4 heteroatoms. The van der Waals surface area contributed by atoms with Crippen LogP contribution in [0, 0.1) is 0 Å². The van der Waals surface area contributed by atoms with E-state index in [1.165, 1.54) is 13.1 Å². The van der Waals surface area contributed by atoms with Gasteiger partial charge in [0, 0.05) is 13.1 Å². The Morgan fingerprint density at radius 1 is 1.78 bits per heavy atom. The Morgan fingerprint density at radius 2 is 2.33 bits per heavy atom. The minimum Gasteiger partial charge on any atom is -0.403 e. The van der Waals surface area contributed by atoms with Crippen molar-refractivity contribution in [1.29, 1.82) is 0 Å². The van der Waals surface area contributed by atoms with Crippen molar-refractivity contribution in [1.82, 2.24) is 0 Å². The first kappa shape index (κ1) is 8.17. The van der Waals surface area contributed by atoms with Crippen LogP contribution >= 0.6 is 11.6 Å². The largest absolute Gasteiger partial charge is 0.403 e. The summed E-state index contributed by atoms with van der Waals surface area (Å²) >= 11 is 5.34. The highest BCUT2D eigenvalue weighted by molar-refractivity contribution is 6.39. The summed E-state index contributed by atoms with van der Waals surface area (Å²) in [6, 6.07) is 0. The molecule has 0 aliphatic rings. The van der Waals surface area contributed by atoms with Gasteiger partial charge >= 0.3 is 0 Å². The van der Waals surface area contributed by atoms with E-state index in [4.69, 9.17) is 17.3 Å². The standard InChI is InChI=1S/C5H7ClN2O/c1-4(9)8-3-5(6)2-7/h2-3H,7H2,1H3/b5-2+,8-3?. The molecule has 0 atom stereocenters. The van der Waals surface area contributed by atoms with Crippen molar-refractivity contribution < 1.29 is 4.79 Å². The second-order valence-corrected chi connectivity index (χ2v) is 1.77. The number of rotatable bonds is 1. The smallest absolute Gasteiger partial charge is 0.242 e. The number of hydrogen-bond acceptors (Lipinski definition) is 2. The minimum atomic E-state index is -0.296. The fraction of sp³-hybridized carbons (Fsp3) is 0.200. The van der Waals surface area contributed by atoms with E-state index in [1.54, 1.807) is 0 Å². The number of halogens is 1. The lowest BCUT2D eigenvalue weighted by atomic mass is 10.6. The third kappa shape index (κ3) is 5.03. The van der Waals surface area contributed by atoms with Gasteiger partial charge in [-0.05, 0) is 0 Å². The van der Waals surface area contributed by atoms with Gasteiger partial charge in [-0.3, -0.25) is 4.79 Å². The van der Waals surface area contributed by atoms with Crippen LogP contribution in [0.4, 0.5) is 0 Å². The molecule has 0 aromatic carbocycles. The summed E-state index contributed by atoms with van der Waals surface area (Å²) in [7, 11) is 0. The fourth-order valence-electron chi connectivity index (χ4n) is 0.196. The molecule has 0 heterocycles. The average Bonchev–Trinajstić information content (AvgIpc) is 1.83. The lowest BCUT2D eigenvalue weighted by Gasteiger charge is -1.81. The molecule has 0 aliphatic carbocycles. The molecule has 0 aromatic rings. The van der Waals surface area contributed by atoms with E-state index in [2.05, 4.69) is 4.99 Å². The zero-order chi connectivity index (χ0) is 7.28. The van der Waals surface area contributed by atoms with E-state index in [0.29, 0.717) is 0 Å². The van der Waals surface area contributed by atoms with E-state index >= 15 is 0 Å². The van der Waals surface area contributed by atoms with Gasteiger partial charge in [0.05, 0.1) is 11.2 Å². The molecular formula is C5H7ClN2O. The van der Waals surface area contributed by atoms with Gasteiger partial charge in [0.15, 0.2) is 0 Å². The number of amides is 1. The van der Waals surface area contributed by atoms with Crippen molar-refractivity contribution in [2.24, 2.45) is 10.7 Å². The molecule has 2 N–H and O–H groups in total. The molecule has 0 spiro atoms. The van der Waals surface area contributed by atoms with Crippen LogP contribution in [0.1, 0.15) is 6.92 Å². The van der Waals surface area contributed by atoms with Gasteiger partial charge < -0.3 is 5.73 Å².